The van der Waals surface area contributed by atoms with Gasteiger partial charge in [0.25, 0.3) is 5.91 Å². The Kier molecular flexibility index (Phi) is 6.50. The summed E-state index contributed by atoms with van der Waals surface area (Å²) in [5, 5.41) is 5.68. The van der Waals surface area contributed by atoms with Crippen molar-refractivity contribution in [1.29, 1.82) is 0 Å². The second-order valence-corrected chi connectivity index (χ2v) is 10.5. The SMILES string of the molecule is COc1ccncc1-c1cc2c(cnn2-c2cn3c(C)c(C(=O)N4CCOCC4)c(C)c3c(C(C)C)n2)c(C)n1. The van der Waals surface area contributed by atoms with Crippen LogP contribution in [0.2, 0.25) is 0 Å². The summed E-state index contributed by atoms with van der Waals surface area (Å²) in [6, 6.07) is 3.82. The number of fused-ring (bicyclic) bond motifs is 2. The minimum atomic E-state index is 0.0413. The monoisotopic (exact) mass is 539 g/mol. The number of hydrogen-bond donors (Lipinski definition) is 0. The molecule has 6 heterocycles. The van der Waals surface area contributed by atoms with Crippen molar-refractivity contribution in [2.75, 3.05) is 33.4 Å². The van der Waals surface area contributed by atoms with Crippen molar-refractivity contribution in [1.82, 2.24) is 34.0 Å². The van der Waals surface area contributed by atoms with E-state index in [-0.39, 0.29) is 11.8 Å². The Morgan fingerprint density at radius 1 is 1.10 bits per heavy atom. The van der Waals surface area contributed by atoms with Crippen LogP contribution in [0.5, 0.6) is 5.75 Å². The maximum absolute atomic E-state index is 13.6. The van der Waals surface area contributed by atoms with Crippen LogP contribution < -0.4 is 4.74 Å². The highest BCUT2D eigenvalue weighted by molar-refractivity contribution is 5.99. The van der Waals surface area contributed by atoms with E-state index < -0.39 is 0 Å². The fraction of sp³-hybridized carbons (Fsp3) is 0.367. The molecule has 5 aromatic rings. The van der Waals surface area contributed by atoms with Crippen LogP contribution in [-0.4, -0.2) is 73.4 Å². The van der Waals surface area contributed by atoms with Gasteiger partial charge in [-0.3, -0.25) is 14.8 Å². The first-order valence-corrected chi connectivity index (χ1v) is 13.5. The number of nitrogens with zero attached hydrogens (tertiary/aromatic N) is 7. The molecule has 0 bridgehead atoms. The standard InChI is InChI=1S/C30H33N7O3/c1-17(2)28-29-18(3)27(30(38)35-9-11-40-12-10-35)20(5)36(29)16-26(34-28)37-24-13-23(33-19(4)21(24)15-32-37)22-14-31-8-7-25(22)39-6/h7-8,13-17H,9-12H2,1-6H3. The van der Waals surface area contributed by atoms with Crippen LogP contribution in [0.15, 0.2) is 36.9 Å². The molecule has 40 heavy (non-hydrogen) atoms. The van der Waals surface area contributed by atoms with Gasteiger partial charge in [0.2, 0.25) is 0 Å². The average molecular weight is 540 g/mol. The average Bonchev–Trinajstić information content (AvgIpc) is 3.51. The summed E-state index contributed by atoms with van der Waals surface area (Å²) in [7, 11) is 1.64. The number of aryl methyl sites for hydroxylation is 3. The summed E-state index contributed by atoms with van der Waals surface area (Å²) in [5.74, 6) is 1.54. The van der Waals surface area contributed by atoms with Gasteiger partial charge in [0.05, 0.1) is 66.3 Å². The van der Waals surface area contributed by atoms with Crippen LogP contribution >= 0.6 is 0 Å². The Morgan fingerprint density at radius 2 is 1.88 bits per heavy atom. The van der Waals surface area contributed by atoms with Crippen molar-refractivity contribution in [3.8, 4) is 22.8 Å². The van der Waals surface area contributed by atoms with E-state index >= 15 is 0 Å². The van der Waals surface area contributed by atoms with Crippen LogP contribution in [0.3, 0.4) is 0 Å². The molecule has 1 saturated heterocycles. The number of carbonyl (C=O) groups is 1. The fourth-order valence-electron chi connectivity index (χ4n) is 5.65. The minimum absolute atomic E-state index is 0.0413. The summed E-state index contributed by atoms with van der Waals surface area (Å²) in [6.45, 7) is 12.6. The lowest BCUT2D eigenvalue weighted by Crippen LogP contribution is -2.41. The molecule has 1 aliphatic heterocycles. The molecule has 0 aromatic carbocycles. The zero-order valence-corrected chi connectivity index (χ0v) is 23.7. The molecule has 0 aliphatic carbocycles. The predicted octanol–water partition coefficient (Wildman–Crippen LogP) is 4.66. The van der Waals surface area contributed by atoms with Gasteiger partial charge in [-0.25, -0.2) is 9.67 Å². The van der Waals surface area contributed by atoms with Gasteiger partial charge in [-0.1, -0.05) is 13.8 Å². The maximum atomic E-state index is 13.6. The van der Waals surface area contributed by atoms with E-state index in [9.17, 15) is 4.79 Å². The predicted molar refractivity (Wildman–Crippen MR) is 152 cm³/mol. The molecule has 6 rings (SSSR count). The van der Waals surface area contributed by atoms with E-state index in [0.29, 0.717) is 37.9 Å². The first-order chi connectivity index (χ1) is 19.3. The first-order valence-electron chi connectivity index (χ1n) is 13.5. The van der Waals surface area contributed by atoms with Gasteiger partial charge >= 0.3 is 0 Å². The number of pyridine rings is 2. The van der Waals surface area contributed by atoms with E-state index in [1.165, 1.54) is 0 Å². The van der Waals surface area contributed by atoms with Crippen LogP contribution in [-0.2, 0) is 4.74 Å². The Hall–Kier alpha value is -4.31. The molecule has 10 nitrogen and oxygen atoms in total. The topological polar surface area (TPSA) is 99.7 Å². The van der Waals surface area contributed by atoms with Crippen molar-refractivity contribution in [3.63, 3.8) is 0 Å². The van der Waals surface area contributed by atoms with Gasteiger partial charge < -0.3 is 18.8 Å². The van der Waals surface area contributed by atoms with E-state index in [4.69, 9.17) is 24.5 Å². The number of aromatic nitrogens is 6. The molecule has 5 aromatic heterocycles. The van der Waals surface area contributed by atoms with Crippen molar-refractivity contribution in [3.05, 3.63) is 65.1 Å². The number of ether oxygens (including phenoxy) is 2. The van der Waals surface area contributed by atoms with E-state index in [1.807, 2.05) is 54.9 Å². The van der Waals surface area contributed by atoms with Crippen molar-refractivity contribution in [2.45, 2.75) is 40.5 Å². The highest BCUT2D eigenvalue weighted by Gasteiger charge is 2.28. The Balaban J connectivity index is 1.55. The minimum Gasteiger partial charge on any atom is -0.496 e. The molecule has 10 heteroatoms. The van der Waals surface area contributed by atoms with Crippen LogP contribution in [0, 0.1) is 20.8 Å². The molecular formula is C30H33N7O3. The van der Waals surface area contributed by atoms with Crippen molar-refractivity contribution in [2.24, 2.45) is 0 Å². The van der Waals surface area contributed by atoms with E-state index in [0.717, 1.165) is 55.9 Å². The molecule has 0 radical (unpaired) electrons. The van der Waals surface area contributed by atoms with Crippen LogP contribution in [0.1, 0.15) is 52.8 Å². The zero-order chi connectivity index (χ0) is 28.1. The summed E-state index contributed by atoms with van der Waals surface area (Å²) >= 11 is 0. The summed E-state index contributed by atoms with van der Waals surface area (Å²) in [5.41, 5.74) is 7.75. The third-order valence-corrected chi connectivity index (χ3v) is 7.73. The van der Waals surface area contributed by atoms with Gasteiger partial charge in [-0.15, -0.1) is 0 Å². The Bertz CT molecular complexity index is 1760. The Labute approximate surface area is 232 Å². The highest BCUT2D eigenvalue weighted by atomic mass is 16.5. The number of amides is 1. The molecule has 0 N–H and O–H groups in total. The Morgan fingerprint density at radius 3 is 2.60 bits per heavy atom. The molecular weight excluding hydrogens is 506 g/mol. The summed E-state index contributed by atoms with van der Waals surface area (Å²) < 4.78 is 15.0. The maximum Gasteiger partial charge on any atom is 0.256 e. The molecule has 1 fully saturated rings. The molecule has 0 spiro atoms. The lowest BCUT2D eigenvalue weighted by molar-refractivity contribution is 0.0302. The third-order valence-electron chi connectivity index (χ3n) is 7.73. The number of carbonyl (C=O) groups excluding carboxylic acids is 1. The normalized spacial score (nSPS) is 14.0. The van der Waals surface area contributed by atoms with Gasteiger partial charge in [0, 0.05) is 42.3 Å². The zero-order valence-electron chi connectivity index (χ0n) is 23.7. The molecule has 1 amide bonds. The number of hydrogen-bond acceptors (Lipinski definition) is 7. The lowest BCUT2D eigenvalue weighted by atomic mass is 10.0. The fourth-order valence-corrected chi connectivity index (χ4v) is 5.65. The lowest BCUT2D eigenvalue weighted by Gasteiger charge is -2.27. The van der Waals surface area contributed by atoms with Crippen LogP contribution in [0.4, 0.5) is 0 Å². The quantitative estimate of drug-likeness (QED) is 0.320. The second-order valence-electron chi connectivity index (χ2n) is 10.5. The van der Waals surface area contributed by atoms with Crippen LogP contribution in [0.25, 0.3) is 33.5 Å². The van der Waals surface area contributed by atoms with Gasteiger partial charge in [0.1, 0.15) is 5.75 Å². The van der Waals surface area contributed by atoms with Crippen molar-refractivity contribution >= 4 is 22.3 Å². The molecule has 0 unspecified atom stereocenters. The first kappa shape index (κ1) is 25.9. The molecule has 1 aliphatic rings. The number of methoxy groups -OCH3 is 1. The van der Waals surface area contributed by atoms with Gasteiger partial charge in [-0.2, -0.15) is 5.10 Å². The van der Waals surface area contributed by atoms with E-state index in [1.54, 1.807) is 19.5 Å². The largest absolute Gasteiger partial charge is 0.496 e. The summed E-state index contributed by atoms with van der Waals surface area (Å²) in [6.07, 6.45) is 7.26. The number of morpholine rings is 1. The second kappa shape index (κ2) is 10.0. The van der Waals surface area contributed by atoms with Gasteiger partial charge in [-0.05, 0) is 44.4 Å². The third kappa shape index (κ3) is 4.10. The highest BCUT2D eigenvalue weighted by Crippen LogP contribution is 2.33. The van der Waals surface area contributed by atoms with Gasteiger partial charge in [0.15, 0.2) is 5.82 Å². The van der Waals surface area contributed by atoms with Crippen molar-refractivity contribution < 1.29 is 14.3 Å². The molecule has 206 valence electrons. The van der Waals surface area contributed by atoms with E-state index in [2.05, 4.69) is 23.2 Å². The number of rotatable bonds is 5. The molecule has 0 atom stereocenters. The smallest absolute Gasteiger partial charge is 0.256 e. The summed E-state index contributed by atoms with van der Waals surface area (Å²) in [4.78, 5) is 29.8. The molecule has 0 saturated carbocycles.